The van der Waals surface area contributed by atoms with Crippen molar-refractivity contribution in [1.82, 2.24) is 19.9 Å². The van der Waals surface area contributed by atoms with Crippen LogP contribution >= 0.6 is 0 Å². The molecule has 2 saturated heterocycles. The number of carbonyl (C=O) groups is 1. The lowest BCUT2D eigenvalue weighted by Crippen LogP contribution is -2.44. The zero-order valence-electron chi connectivity index (χ0n) is 19.8. The second-order valence-corrected chi connectivity index (χ2v) is 9.38. The fraction of sp³-hybridized carbons (Fsp3) is 0.500. The quantitative estimate of drug-likeness (QED) is 0.645. The normalized spacial score (nSPS) is 19.4. The molecule has 0 spiro atoms. The number of amides is 1. The van der Waals surface area contributed by atoms with Gasteiger partial charge in [0, 0.05) is 31.8 Å². The predicted octanol–water partition coefficient (Wildman–Crippen LogP) is 3.72. The molecule has 3 aromatic rings. The molecular formula is C26H33N5O2. The van der Waals surface area contributed by atoms with Crippen molar-refractivity contribution in [2.24, 2.45) is 5.92 Å². The molecule has 1 amide bonds. The lowest BCUT2D eigenvalue weighted by atomic mass is 9.95. The number of nitrogens with zero attached hydrogens (tertiary/aromatic N) is 4. The van der Waals surface area contributed by atoms with Gasteiger partial charge in [-0.15, -0.1) is 0 Å². The Kier molecular flexibility index (Phi) is 6.06. The van der Waals surface area contributed by atoms with Crippen LogP contribution in [-0.4, -0.2) is 52.8 Å². The molecule has 2 aromatic heterocycles. The summed E-state index contributed by atoms with van der Waals surface area (Å²) in [5.74, 6) is 2.01. The van der Waals surface area contributed by atoms with Gasteiger partial charge in [-0.1, -0.05) is 13.0 Å². The Morgan fingerprint density at radius 3 is 2.61 bits per heavy atom. The van der Waals surface area contributed by atoms with Crippen LogP contribution < -0.4 is 10.2 Å². The molecule has 7 nitrogen and oxygen atoms in total. The van der Waals surface area contributed by atoms with Gasteiger partial charge in [-0.2, -0.15) is 0 Å². The average Bonchev–Trinajstić information content (AvgIpc) is 3.47. The smallest absolute Gasteiger partial charge is 0.223 e. The highest BCUT2D eigenvalue weighted by Crippen LogP contribution is 2.31. The van der Waals surface area contributed by atoms with E-state index in [1.165, 1.54) is 16.7 Å². The van der Waals surface area contributed by atoms with E-state index in [0.717, 1.165) is 68.2 Å². The van der Waals surface area contributed by atoms with Crippen molar-refractivity contribution >= 4 is 22.9 Å². The maximum absolute atomic E-state index is 12.7. The standard InChI is InChI=1S/C26H33N5O2/c1-4-19-5-6-24(27-15-19)31-23-14-18(3)17(2)13-22(23)29-26(31)30-10-7-20(8-11-30)25(32)28-21-9-12-33-16-21/h5-6,13-15,20-21H,4,7-12,16H2,1-3H3,(H,28,32). The topological polar surface area (TPSA) is 72.3 Å². The first-order valence-corrected chi connectivity index (χ1v) is 12.1. The third-order valence-electron chi connectivity index (χ3n) is 7.12. The first kappa shape index (κ1) is 21.9. The van der Waals surface area contributed by atoms with Crippen molar-refractivity contribution in [3.05, 3.63) is 47.2 Å². The van der Waals surface area contributed by atoms with E-state index in [1.54, 1.807) is 0 Å². The maximum atomic E-state index is 12.7. The number of imidazole rings is 1. The van der Waals surface area contributed by atoms with Gasteiger partial charge in [-0.25, -0.2) is 9.97 Å². The number of hydrogen-bond donors (Lipinski definition) is 1. The van der Waals surface area contributed by atoms with Crippen molar-refractivity contribution in [2.75, 3.05) is 31.2 Å². The van der Waals surface area contributed by atoms with Crippen LogP contribution in [0.4, 0.5) is 5.95 Å². The van der Waals surface area contributed by atoms with E-state index in [4.69, 9.17) is 14.7 Å². The molecule has 174 valence electrons. The predicted molar refractivity (Wildman–Crippen MR) is 130 cm³/mol. The molecular weight excluding hydrogens is 414 g/mol. The van der Waals surface area contributed by atoms with E-state index in [9.17, 15) is 4.79 Å². The third kappa shape index (κ3) is 4.34. The molecule has 7 heteroatoms. The van der Waals surface area contributed by atoms with Crippen LogP contribution in [0.3, 0.4) is 0 Å². The number of ether oxygens (including phenoxy) is 1. The van der Waals surface area contributed by atoms with E-state index >= 15 is 0 Å². The second kappa shape index (κ2) is 9.14. The number of anilines is 1. The van der Waals surface area contributed by atoms with Crippen molar-refractivity contribution in [2.45, 2.75) is 52.5 Å². The SMILES string of the molecule is CCc1ccc(-n2c(N3CCC(C(=O)NC4CCOC4)CC3)nc3cc(C)c(C)cc32)nc1. The van der Waals surface area contributed by atoms with Crippen molar-refractivity contribution < 1.29 is 9.53 Å². The van der Waals surface area contributed by atoms with Gasteiger partial charge in [0.2, 0.25) is 11.9 Å². The minimum atomic E-state index is 0.0473. The molecule has 1 aromatic carbocycles. The minimum Gasteiger partial charge on any atom is -0.379 e. The summed E-state index contributed by atoms with van der Waals surface area (Å²) < 4.78 is 7.57. The number of pyridine rings is 1. The first-order chi connectivity index (χ1) is 16.0. The molecule has 0 bridgehead atoms. The number of rotatable bonds is 5. The Balaban J connectivity index is 1.42. The summed E-state index contributed by atoms with van der Waals surface area (Å²) in [6, 6.07) is 8.77. The van der Waals surface area contributed by atoms with Crippen LogP contribution in [0.25, 0.3) is 16.9 Å². The number of nitrogens with one attached hydrogen (secondary N) is 1. The van der Waals surface area contributed by atoms with Gasteiger partial charge >= 0.3 is 0 Å². The van der Waals surface area contributed by atoms with Gasteiger partial charge in [0.25, 0.3) is 0 Å². The summed E-state index contributed by atoms with van der Waals surface area (Å²) in [4.78, 5) is 24.9. The summed E-state index contributed by atoms with van der Waals surface area (Å²) in [6.07, 6.45) is 5.48. The zero-order chi connectivity index (χ0) is 22.9. The van der Waals surface area contributed by atoms with Crippen molar-refractivity contribution in [3.8, 4) is 5.82 Å². The summed E-state index contributed by atoms with van der Waals surface area (Å²) >= 11 is 0. The molecule has 0 radical (unpaired) electrons. The molecule has 1 unspecified atom stereocenters. The third-order valence-corrected chi connectivity index (χ3v) is 7.12. The molecule has 2 aliphatic rings. The summed E-state index contributed by atoms with van der Waals surface area (Å²) in [6.45, 7) is 9.38. The number of piperidine rings is 1. The lowest BCUT2D eigenvalue weighted by Gasteiger charge is -2.32. The van der Waals surface area contributed by atoms with E-state index < -0.39 is 0 Å². The van der Waals surface area contributed by atoms with Crippen LogP contribution in [-0.2, 0) is 16.0 Å². The summed E-state index contributed by atoms with van der Waals surface area (Å²) in [7, 11) is 0. The molecule has 0 aliphatic carbocycles. The number of aryl methyl sites for hydroxylation is 3. The van der Waals surface area contributed by atoms with Crippen LogP contribution in [0.15, 0.2) is 30.5 Å². The minimum absolute atomic E-state index is 0.0473. The first-order valence-electron chi connectivity index (χ1n) is 12.1. The van der Waals surface area contributed by atoms with Gasteiger partial charge in [0.05, 0.1) is 23.7 Å². The largest absolute Gasteiger partial charge is 0.379 e. The molecule has 0 saturated carbocycles. The zero-order valence-corrected chi connectivity index (χ0v) is 19.8. The van der Waals surface area contributed by atoms with E-state index in [0.29, 0.717) is 6.61 Å². The van der Waals surface area contributed by atoms with Crippen LogP contribution in [0.5, 0.6) is 0 Å². The number of benzene rings is 1. The highest BCUT2D eigenvalue weighted by Gasteiger charge is 2.30. The fourth-order valence-corrected chi connectivity index (χ4v) is 4.82. The molecule has 4 heterocycles. The van der Waals surface area contributed by atoms with Gasteiger partial charge in [-0.05, 0) is 74.4 Å². The number of aromatic nitrogens is 3. The Bertz CT molecular complexity index is 1140. The molecule has 2 aliphatic heterocycles. The highest BCUT2D eigenvalue weighted by molar-refractivity contribution is 5.83. The van der Waals surface area contributed by atoms with Crippen LogP contribution in [0, 0.1) is 19.8 Å². The average molecular weight is 448 g/mol. The number of hydrogen-bond acceptors (Lipinski definition) is 5. The van der Waals surface area contributed by atoms with Crippen molar-refractivity contribution in [3.63, 3.8) is 0 Å². The van der Waals surface area contributed by atoms with Crippen molar-refractivity contribution in [1.29, 1.82) is 0 Å². The fourth-order valence-electron chi connectivity index (χ4n) is 4.82. The highest BCUT2D eigenvalue weighted by atomic mass is 16.5. The van der Waals surface area contributed by atoms with E-state index in [2.05, 4.69) is 59.8 Å². The molecule has 1 atom stereocenters. The van der Waals surface area contributed by atoms with Crippen LogP contribution in [0.2, 0.25) is 0 Å². The van der Waals surface area contributed by atoms with Gasteiger partial charge < -0.3 is 15.0 Å². The Morgan fingerprint density at radius 1 is 1.15 bits per heavy atom. The second-order valence-electron chi connectivity index (χ2n) is 9.38. The maximum Gasteiger partial charge on any atom is 0.223 e. The Morgan fingerprint density at radius 2 is 1.94 bits per heavy atom. The monoisotopic (exact) mass is 447 g/mol. The van der Waals surface area contributed by atoms with Gasteiger partial charge in [-0.3, -0.25) is 9.36 Å². The lowest BCUT2D eigenvalue weighted by molar-refractivity contribution is -0.126. The molecule has 1 N–H and O–H groups in total. The molecule has 2 fully saturated rings. The van der Waals surface area contributed by atoms with E-state index in [-0.39, 0.29) is 17.9 Å². The van der Waals surface area contributed by atoms with E-state index in [1.807, 2.05) is 6.20 Å². The van der Waals surface area contributed by atoms with Gasteiger partial charge in [0.1, 0.15) is 5.82 Å². The Hall–Kier alpha value is -2.93. The summed E-state index contributed by atoms with van der Waals surface area (Å²) in [5, 5.41) is 3.17. The Labute approximate surface area is 195 Å². The van der Waals surface area contributed by atoms with Gasteiger partial charge in [0.15, 0.2) is 0 Å². The molecule has 33 heavy (non-hydrogen) atoms. The number of fused-ring (bicyclic) bond motifs is 1. The number of carbonyl (C=O) groups excluding carboxylic acids is 1. The summed E-state index contributed by atoms with van der Waals surface area (Å²) in [5.41, 5.74) is 5.75. The molecule has 5 rings (SSSR count). The van der Waals surface area contributed by atoms with Crippen LogP contribution in [0.1, 0.15) is 42.9 Å².